The maximum absolute atomic E-state index is 10.8. The third kappa shape index (κ3) is 4.50. The van der Waals surface area contributed by atoms with Gasteiger partial charge in [-0.2, -0.15) is 0 Å². The van der Waals surface area contributed by atoms with Crippen molar-refractivity contribution in [2.45, 2.75) is 6.42 Å². The summed E-state index contributed by atoms with van der Waals surface area (Å²) in [5.41, 5.74) is 0.255. The molecule has 6 heteroatoms. The van der Waals surface area contributed by atoms with Crippen molar-refractivity contribution in [1.82, 2.24) is 9.88 Å². The Balaban J connectivity index is 1.70. The summed E-state index contributed by atoms with van der Waals surface area (Å²) >= 11 is 0. The molecule has 0 spiro atoms. The highest BCUT2D eigenvalue weighted by Crippen LogP contribution is 2.07. The number of rotatable bonds is 6. The molecule has 0 radical (unpaired) electrons. The summed E-state index contributed by atoms with van der Waals surface area (Å²) in [4.78, 5) is 17.3. The Bertz CT molecular complexity index is 419. The minimum absolute atomic E-state index is 0.255. The van der Waals surface area contributed by atoms with Crippen molar-refractivity contribution in [3.63, 3.8) is 0 Å². The Labute approximate surface area is 112 Å². The van der Waals surface area contributed by atoms with Crippen molar-refractivity contribution in [1.29, 1.82) is 0 Å². The Morgan fingerprint density at radius 2 is 2.26 bits per heavy atom. The van der Waals surface area contributed by atoms with E-state index in [1.807, 2.05) is 0 Å². The fraction of sp³-hybridized carbons (Fsp3) is 0.538. The molecule has 1 aromatic rings. The van der Waals surface area contributed by atoms with Crippen LogP contribution in [0.1, 0.15) is 16.8 Å². The molecule has 6 nitrogen and oxygen atoms in total. The Hall–Kier alpha value is -1.66. The molecule has 0 aromatic carbocycles. The van der Waals surface area contributed by atoms with Crippen LogP contribution in [0.5, 0.6) is 0 Å². The highest BCUT2D eigenvalue weighted by atomic mass is 16.5. The van der Waals surface area contributed by atoms with Crippen LogP contribution in [0.2, 0.25) is 0 Å². The molecule has 1 saturated heterocycles. The molecule has 1 aromatic heterocycles. The first-order valence-corrected chi connectivity index (χ1v) is 6.49. The number of nitrogens with one attached hydrogen (secondary N) is 1. The van der Waals surface area contributed by atoms with Crippen LogP contribution in [0, 0.1) is 0 Å². The van der Waals surface area contributed by atoms with E-state index in [2.05, 4.69) is 15.2 Å². The molecule has 0 aliphatic carbocycles. The molecule has 2 N–H and O–H groups in total. The number of carbonyl (C=O) groups is 1. The first-order valence-electron chi connectivity index (χ1n) is 6.49. The molecule has 0 unspecified atom stereocenters. The van der Waals surface area contributed by atoms with E-state index in [-0.39, 0.29) is 5.56 Å². The quantitative estimate of drug-likeness (QED) is 0.745. The number of carboxylic acids is 1. The maximum Gasteiger partial charge on any atom is 0.335 e. The zero-order chi connectivity index (χ0) is 13.5. The molecule has 19 heavy (non-hydrogen) atoms. The molecule has 0 amide bonds. The van der Waals surface area contributed by atoms with Gasteiger partial charge in [0, 0.05) is 25.8 Å². The van der Waals surface area contributed by atoms with Gasteiger partial charge in [0.05, 0.1) is 18.8 Å². The van der Waals surface area contributed by atoms with Crippen molar-refractivity contribution < 1.29 is 14.6 Å². The number of anilines is 1. The lowest BCUT2D eigenvalue weighted by Gasteiger charge is -2.26. The van der Waals surface area contributed by atoms with Crippen molar-refractivity contribution in [2.75, 3.05) is 44.7 Å². The van der Waals surface area contributed by atoms with E-state index in [1.54, 1.807) is 6.07 Å². The molecule has 0 bridgehead atoms. The minimum Gasteiger partial charge on any atom is -0.478 e. The lowest BCUT2D eigenvalue weighted by atomic mass is 10.2. The average molecular weight is 265 g/mol. The second-order valence-corrected chi connectivity index (χ2v) is 4.47. The van der Waals surface area contributed by atoms with Gasteiger partial charge in [0.2, 0.25) is 0 Å². The molecule has 0 atom stereocenters. The van der Waals surface area contributed by atoms with Gasteiger partial charge in [-0.15, -0.1) is 0 Å². The van der Waals surface area contributed by atoms with E-state index in [9.17, 15) is 4.79 Å². The zero-order valence-electron chi connectivity index (χ0n) is 10.8. The third-order valence-electron chi connectivity index (χ3n) is 3.07. The van der Waals surface area contributed by atoms with Gasteiger partial charge < -0.3 is 15.2 Å². The molecule has 2 heterocycles. The summed E-state index contributed by atoms with van der Waals surface area (Å²) in [5, 5.41) is 12.0. The lowest BCUT2D eigenvalue weighted by molar-refractivity contribution is 0.0378. The number of ether oxygens (including phenoxy) is 1. The van der Waals surface area contributed by atoms with E-state index in [0.717, 1.165) is 45.8 Å². The SMILES string of the molecule is O=C(O)c1ccnc(NCCCN2CCOCC2)c1. The van der Waals surface area contributed by atoms with Crippen LogP contribution >= 0.6 is 0 Å². The Morgan fingerprint density at radius 3 is 3.00 bits per heavy atom. The molecular formula is C13H19N3O3. The number of aromatic carboxylic acids is 1. The van der Waals surface area contributed by atoms with Gasteiger partial charge in [-0.1, -0.05) is 0 Å². The van der Waals surface area contributed by atoms with E-state index in [4.69, 9.17) is 9.84 Å². The third-order valence-corrected chi connectivity index (χ3v) is 3.07. The Kier molecular flexibility index (Phi) is 5.11. The topological polar surface area (TPSA) is 74.7 Å². The minimum atomic E-state index is -0.932. The van der Waals surface area contributed by atoms with E-state index < -0.39 is 5.97 Å². The molecule has 2 rings (SSSR count). The second-order valence-electron chi connectivity index (χ2n) is 4.47. The van der Waals surface area contributed by atoms with Crippen LogP contribution in [0.3, 0.4) is 0 Å². The van der Waals surface area contributed by atoms with Gasteiger partial charge in [-0.25, -0.2) is 9.78 Å². The van der Waals surface area contributed by atoms with Crippen LogP contribution in [0.4, 0.5) is 5.82 Å². The van der Waals surface area contributed by atoms with Gasteiger partial charge in [0.1, 0.15) is 5.82 Å². The van der Waals surface area contributed by atoms with Crippen molar-refractivity contribution in [2.24, 2.45) is 0 Å². The van der Waals surface area contributed by atoms with Crippen molar-refractivity contribution in [3.05, 3.63) is 23.9 Å². The molecule has 104 valence electrons. The van der Waals surface area contributed by atoms with Crippen LogP contribution < -0.4 is 5.32 Å². The van der Waals surface area contributed by atoms with E-state index in [0.29, 0.717) is 5.82 Å². The molecule has 1 fully saturated rings. The molecule has 1 aliphatic rings. The van der Waals surface area contributed by atoms with Crippen molar-refractivity contribution >= 4 is 11.8 Å². The Morgan fingerprint density at radius 1 is 1.47 bits per heavy atom. The lowest BCUT2D eigenvalue weighted by Crippen LogP contribution is -2.37. The van der Waals surface area contributed by atoms with Gasteiger partial charge in [-0.3, -0.25) is 4.90 Å². The van der Waals surface area contributed by atoms with Gasteiger partial charge in [0.15, 0.2) is 0 Å². The first kappa shape index (κ1) is 13.8. The van der Waals surface area contributed by atoms with Crippen LogP contribution in [0.25, 0.3) is 0 Å². The zero-order valence-corrected chi connectivity index (χ0v) is 10.8. The summed E-state index contributed by atoms with van der Waals surface area (Å²) in [5.74, 6) is -0.319. The fourth-order valence-electron chi connectivity index (χ4n) is 2.00. The summed E-state index contributed by atoms with van der Waals surface area (Å²) in [7, 11) is 0. The maximum atomic E-state index is 10.8. The number of aromatic nitrogens is 1. The van der Waals surface area contributed by atoms with Gasteiger partial charge in [-0.05, 0) is 25.1 Å². The number of nitrogens with zero attached hydrogens (tertiary/aromatic N) is 2. The molecule has 1 aliphatic heterocycles. The number of hydrogen-bond acceptors (Lipinski definition) is 5. The predicted octanol–water partition coefficient (Wildman–Crippen LogP) is 0.914. The number of carboxylic acid groups (broad SMARTS) is 1. The number of pyridine rings is 1. The van der Waals surface area contributed by atoms with Gasteiger partial charge in [0.25, 0.3) is 0 Å². The monoisotopic (exact) mass is 265 g/mol. The highest BCUT2D eigenvalue weighted by molar-refractivity contribution is 5.88. The second kappa shape index (κ2) is 7.06. The normalized spacial score (nSPS) is 16.2. The molecule has 0 saturated carbocycles. The van der Waals surface area contributed by atoms with Crippen molar-refractivity contribution in [3.8, 4) is 0 Å². The van der Waals surface area contributed by atoms with Crippen LogP contribution in [0.15, 0.2) is 18.3 Å². The van der Waals surface area contributed by atoms with Gasteiger partial charge >= 0.3 is 5.97 Å². The van der Waals surface area contributed by atoms with Crippen LogP contribution in [-0.4, -0.2) is 60.4 Å². The standard InChI is InChI=1S/C13H19N3O3/c17-13(18)11-2-4-15-12(10-11)14-3-1-5-16-6-8-19-9-7-16/h2,4,10H,1,3,5-9H2,(H,14,15)(H,17,18). The predicted molar refractivity (Wildman–Crippen MR) is 71.6 cm³/mol. The largest absolute Gasteiger partial charge is 0.478 e. The first-order chi connectivity index (χ1) is 9.25. The fourth-order valence-corrected chi connectivity index (χ4v) is 2.00. The summed E-state index contributed by atoms with van der Waals surface area (Å²) in [6.07, 6.45) is 2.51. The summed E-state index contributed by atoms with van der Waals surface area (Å²) < 4.78 is 5.29. The van der Waals surface area contributed by atoms with E-state index >= 15 is 0 Å². The number of morpholine rings is 1. The summed E-state index contributed by atoms with van der Waals surface area (Å²) in [6.45, 7) is 5.42. The average Bonchev–Trinajstić information content (AvgIpc) is 2.45. The smallest absolute Gasteiger partial charge is 0.335 e. The van der Waals surface area contributed by atoms with E-state index in [1.165, 1.54) is 12.3 Å². The highest BCUT2D eigenvalue weighted by Gasteiger charge is 2.09. The summed E-state index contributed by atoms with van der Waals surface area (Å²) in [6, 6.07) is 3.04. The number of hydrogen-bond donors (Lipinski definition) is 2. The van der Waals surface area contributed by atoms with Crippen LogP contribution in [-0.2, 0) is 4.74 Å². The molecular weight excluding hydrogens is 246 g/mol.